The molecule has 0 bridgehead atoms. The van der Waals surface area contributed by atoms with Crippen molar-refractivity contribution in [2.75, 3.05) is 20.2 Å². The van der Waals surface area contributed by atoms with Crippen molar-refractivity contribution in [2.45, 2.75) is 25.9 Å². The molecule has 1 aromatic heterocycles. The zero-order valence-corrected chi connectivity index (χ0v) is 14.3. The average Bonchev–Trinajstić information content (AvgIpc) is 2.63. The molecule has 3 rings (SSSR count). The van der Waals surface area contributed by atoms with E-state index in [1.807, 2.05) is 35.2 Å². The van der Waals surface area contributed by atoms with E-state index in [4.69, 9.17) is 4.74 Å². The van der Waals surface area contributed by atoms with E-state index in [1.165, 1.54) is 0 Å². The Labute approximate surface area is 142 Å². The van der Waals surface area contributed by atoms with E-state index < -0.39 is 0 Å². The monoisotopic (exact) mass is 325 g/mol. The van der Waals surface area contributed by atoms with Gasteiger partial charge in [-0.3, -0.25) is 9.78 Å². The van der Waals surface area contributed by atoms with Crippen LogP contribution in [0.25, 0.3) is 11.1 Å². The second kappa shape index (κ2) is 7.01. The Kier molecular flexibility index (Phi) is 4.81. The minimum atomic E-state index is 0.0405. The summed E-state index contributed by atoms with van der Waals surface area (Å²) in [5.74, 6) is 0.848. The number of rotatable bonds is 3. The summed E-state index contributed by atoms with van der Waals surface area (Å²) in [4.78, 5) is 19.1. The van der Waals surface area contributed by atoms with Gasteiger partial charge in [-0.1, -0.05) is 12.1 Å². The highest BCUT2D eigenvalue weighted by Gasteiger charge is 2.28. The van der Waals surface area contributed by atoms with Crippen LogP contribution >= 0.6 is 0 Å². The normalized spacial score (nSPS) is 20.7. The zero-order chi connectivity index (χ0) is 17.1. The summed E-state index contributed by atoms with van der Waals surface area (Å²) >= 11 is 0. The van der Waals surface area contributed by atoms with Gasteiger partial charge in [-0.2, -0.15) is 0 Å². The molecule has 1 aliphatic heterocycles. The summed E-state index contributed by atoms with van der Waals surface area (Å²) in [6.07, 6.45) is 3.43. The molecular weight excluding hydrogens is 302 g/mol. The SMILES string of the molecule is COc1ccc(-c2cncc(C(=O)N3CCNC(C)C3C)c2)cc1. The number of hydrogen-bond donors (Lipinski definition) is 1. The molecule has 1 amide bonds. The van der Waals surface area contributed by atoms with Crippen LogP contribution in [0.5, 0.6) is 5.75 Å². The lowest BCUT2D eigenvalue weighted by molar-refractivity contribution is 0.0602. The van der Waals surface area contributed by atoms with Crippen LogP contribution in [0.3, 0.4) is 0 Å². The number of nitrogens with one attached hydrogen (secondary N) is 1. The molecule has 1 N–H and O–H groups in total. The van der Waals surface area contributed by atoms with E-state index in [-0.39, 0.29) is 11.9 Å². The number of benzene rings is 1. The molecule has 24 heavy (non-hydrogen) atoms. The van der Waals surface area contributed by atoms with Gasteiger partial charge in [0, 0.05) is 43.1 Å². The van der Waals surface area contributed by atoms with E-state index in [2.05, 4.69) is 24.1 Å². The van der Waals surface area contributed by atoms with Crippen molar-refractivity contribution in [2.24, 2.45) is 0 Å². The summed E-state index contributed by atoms with van der Waals surface area (Å²) in [6, 6.07) is 10.1. The molecule has 2 atom stereocenters. The predicted octanol–water partition coefficient (Wildman–Crippen LogP) is 2.58. The molecule has 2 aromatic rings. The molecule has 0 saturated carbocycles. The second-order valence-electron chi connectivity index (χ2n) is 6.17. The fraction of sp³-hybridized carbons (Fsp3) is 0.368. The van der Waals surface area contributed by atoms with E-state index >= 15 is 0 Å². The standard InChI is InChI=1S/C19H23N3O2/c1-13-14(2)22(9-8-21-13)19(23)17-10-16(11-20-12-17)15-4-6-18(24-3)7-5-15/h4-7,10-14,21H,8-9H2,1-3H3. The highest BCUT2D eigenvalue weighted by Crippen LogP contribution is 2.23. The van der Waals surface area contributed by atoms with Gasteiger partial charge in [0.25, 0.3) is 5.91 Å². The Morgan fingerprint density at radius 3 is 2.67 bits per heavy atom. The quantitative estimate of drug-likeness (QED) is 0.942. The number of carbonyl (C=O) groups excluding carboxylic acids is 1. The average molecular weight is 325 g/mol. The number of ether oxygens (including phenoxy) is 1. The molecule has 1 aliphatic rings. The predicted molar refractivity (Wildman–Crippen MR) is 94.2 cm³/mol. The van der Waals surface area contributed by atoms with E-state index in [1.54, 1.807) is 19.5 Å². The molecule has 1 aromatic carbocycles. The summed E-state index contributed by atoms with van der Waals surface area (Å²) < 4.78 is 5.19. The van der Waals surface area contributed by atoms with Gasteiger partial charge in [0.15, 0.2) is 0 Å². The van der Waals surface area contributed by atoms with Crippen LogP contribution in [-0.2, 0) is 0 Å². The lowest BCUT2D eigenvalue weighted by atomic mass is 10.0. The first-order valence-corrected chi connectivity index (χ1v) is 8.24. The number of hydrogen-bond acceptors (Lipinski definition) is 4. The first-order valence-electron chi connectivity index (χ1n) is 8.24. The fourth-order valence-corrected chi connectivity index (χ4v) is 3.01. The highest BCUT2D eigenvalue weighted by molar-refractivity contribution is 5.95. The molecule has 5 heteroatoms. The first kappa shape index (κ1) is 16.5. The number of methoxy groups -OCH3 is 1. The van der Waals surface area contributed by atoms with Crippen LogP contribution in [-0.4, -0.2) is 48.1 Å². The molecule has 2 unspecified atom stereocenters. The van der Waals surface area contributed by atoms with Crippen LogP contribution in [0.1, 0.15) is 24.2 Å². The minimum Gasteiger partial charge on any atom is -0.497 e. The van der Waals surface area contributed by atoms with Gasteiger partial charge in [-0.25, -0.2) is 0 Å². The van der Waals surface area contributed by atoms with Gasteiger partial charge < -0.3 is 15.0 Å². The van der Waals surface area contributed by atoms with Crippen LogP contribution in [0, 0.1) is 0 Å². The number of piperazine rings is 1. The maximum Gasteiger partial charge on any atom is 0.255 e. The van der Waals surface area contributed by atoms with Gasteiger partial charge in [0.05, 0.1) is 12.7 Å². The van der Waals surface area contributed by atoms with Crippen molar-refractivity contribution in [3.63, 3.8) is 0 Å². The maximum atomic E-state index is 12.9. The lowest BCUT2D eigenvalue weighted by Gasteiger charge is -2.38. The van der Waals surface area contributed by atoms with Gasteiger partial charge in [-0.15, -0.1) is 0 Å². The van der Waals surface area contributed by atoms with Crippen molar-refractivity contribution >= 4 is 5.91 Å². The number of carbonyl (C=O) groups is 1. The third-order valence-corrected chi connectivity index (χ3v) is 4.70. The fourth-order valence-electron chi connectivity index (χ4n) is 3.01. The van der Waals surface area contributed by atoms with Crippen molar-refractivity contribution < 1.29 is 9.53 Å². The van der Waals surface area contributed by atoms with Crippen molar-refractivity contribution in [1.29, 1.82) is 0 Å². The van der Waals surface area contributed by atoms with Gasteiger partial charge >= 0.3 is 0 Å². The van der Waals surface area contributed by atoms with Crippen LogP contribution < -0.4 is 10.1 Å². The Bertz CT molecular complexity index is 715. The molecule has 1 fully saturated rings. The van der Waals surface area contributed by atoms with Crippen molar-refractivity contribution in [3.05, 3.63) is 48.3 Å². The zero-order valence-electron chi connectivity index (χ0n) is 14.3. The summed E-state index contributed by atoms with van der Waals surface area (Å²) in [6.45, 7) is 5.73. The molecule has 0 spiro atoms. The Hall–Kier alpha value is -2.40. The van der Waals surface area contributed by atoms with Gasteiger partial charge in [0.1, 0.15) is 5.75 Å². The Morgan fingerprint density at radius 1 is 1.21 bits per heavy atom. The number of amides is 1. The van der Waals surface area contributed by atoms with Crippen LogP contribution in [0.2, 0.25) is 0 Å². The van der Waals surface area contributed by atoms with E-state index in [0.29, 0.717) is 11.6 Å². The topological polar surface area (TPSA) is 54.5 Å². The highest BCUT2D eigenvalue weighted by atomic mass is 16.5. The van der Waals surface area contributed by atoms with Gasteiger partial charge in [-0.05, 0) is 37.6 Å². The largest absolute Gasteiger partial charge is 0.497 e. The Balaban J connectivity index is 1.85. The van der Waals surface area contributed by atoms with Crippen LogP contribution in [0.15, 0.2) is 42.7 Å². The third-order valence-electron chi connectivity index (χ3n) is 4.70. The summed E-state index contributed by atoms with van der Waals surface area (Å²) in [5.41, 5.74) is 2.57. The second-order valence-corrected chi connectivity index (χ2v) is 6.17. The molecule has 5 nitrogen and oxygen atoms in total. The van der Waals surface area contributed by atoms with Gasteiger partial charge in [0.2, 0.25) is 0 Å². The summed E-state index contributed by atoms with van der Waals surface area (Å²) in [7, 11) is 1.64. The minimum absolute atomic E-state index is 0.0405. The summed E-state index contributed by atoms with van der Waals surface area (Å²) in [5, 5.41) is 3.39. The van der Waals surface area contributed by atoms with Crippen molar-refractivity contribution in [1.82, 2.24) is 15.2 Å². The van der Waals surface area contributed by atoms with Crippen LogP contribution in [0.4, 0.5) is 0 Å². The molecule has 2 heterocycles. The number of pyridine rings is 1. The molecule has 0 radical (unpaired) electrons. The lowest BCUT2D eigenvalue weighted by Crippen LogP contribution is -2.57. The number of nitrogens with zero attached hydrogens (tertiary/aromatic N) is 2. The number of aromatic nitrogens is 1. The maximum absolute atomic E-state index is 12.9. The van der Waals surface area contributed by atoms with Crippen molar-refractivity contribution in [3.8, 4) is 16.9 Å². The van der Waals surface area contributed by atoms with E-state index in [9.17, 15) is 4.79 Å². The molecule has 126 valence electrons. The molecule has 0 aliphatic carbocycles. The molecular formula is C19H23N3O2. The van der Waals surface area contributed by atoms with E-state index in [0.717, 1.165) is 30.0 Å². The first-order chi connectivity index (χ1) is 11.6. The third kappa shape index (κ3) is 3.26. The Morgan fingerprint density at radius 2 is 1.96 bits per heavy atom. The smallest absolute Gasteiger partial charge is 0.255 e. The molecule has 1 saturated heterocycles.